The number of aromatic nitrogens is 2. The van der Waals surface area contributed by atoms with E-state index in [0.717, 1.165) is 12.3 Å². The first-order valence-electron chi connectivity index (χ1n) is 8.86. The molecule has 29 heavy (non-hydrogen) atoms. The summed E-state index contributed by atoms with van der Waals surface area (Å²) in [6.45, 7) is 5.06. The van der Waals surface area contributed by atoms with Crippen LogP contribution in [0.25, 0.3) is 0 Å². The molecule has 2 rings (SSSR count). The number of carbonyl (C=O) groups excluding carboxylic acids is 1. The van der Waals surface area contributed by atoms with Crippen LogP contribution in [-0.4, -0.2) is 84.7 Å². The number of amides is 1. The predicted molar refractivity (Wildman–Crippen MR) is 112 cm³/mol. The van der Waals surface area contributed by atoms with Crippen LogP contribution >= 0.6 is 24.0 Å². The van der Waals surface area contributed by atoms with Crippen molar-refractivity contribution in [3.05, 3.63) is 18.0 Å². The molecule has 1 fully saturated rings. The van der Waals surface area contributed by atoms with Gasteiger partial charge in [0.25, 0.3) is 0 Å². The number of aliphatic imine (C=N–C) groups is 1. The zero-order valence-corrected chi connectivity index (χ0v) is 18.5. The van der Waals surface area contributed by atoms with Crippen LogP contribution in [-0.2, 0) is 10.9 Å². The summed E-state index contributed by atoms with van der Waals surface area (Å²) in [5.74, 6) is 0.560. The molecule has 0 saturated carbocycles. The van der Waals surface area contributed by atoms with E-state index in [4.69, 9.17) is 4.74 Å². The number of ether oxygens (including phenoxy) is 1. The predicted octanol–water partition coefficient (Wildman–Crippen LogP) is 1.87. The van der Waals surface area contributed by atoms with Crippen molar-refractivity contribution in [3.63, 3.8) is 0 Å². The molecule has 0 atom stereocenters. The third kappa shape index (κ3) is 7.70. The summed E-state index contributed by atoms with van der Waals surface area (Å²) >= 11 is 0. The minimum atomic E-state index is -4.51. The highest BCUT2D eigenvalue weighted by Crippen LogP contribution is 2.27. The molecule has 0 unspecified atom stereocenters. The van der Waals surface area contributed by atoms with E-state index in [9.17, 15) is 18.0 Å². The monoisotopic (exact) mass is 531 g/mol. The fraction of sp³-hybridized carbons (Fsp3) is 0.625. The van der Waals surface area contributed by atoms with Gasteiger partial charge >= 0.3 is 12.3 Å². The summed E-state index contributed by atoms with van der Waals surface area (Å²) < 4.78 is 42.9. The average molecular weight is 531 g/mol. The lowest BCUT2D eigenvalue weighted by Crippen LogP contribution is -2.54. The Morgan fingerprint density at radius 3 is 2.48 bits per heavy atom. The number of guanidine groups is 1. The summed E-state index contributed by atoms with van der Waals surface area (Å²) in [4.78, 5) is 26.8. The molecule has 1 aromatic heterocycles. The first kappa shape index (κ1) is 25.0. The first-order chi connectivity index (χ1) is 13.3. The molecule has 1 saturated heterocycles. The fourth-order valence-corrected chi connectivity index (χ4v) is 2.60. The molecule has 164 valence electrons. The van der Waals surface area contributed by atoms with Crippen molar-refractivity contribution in [1.29, 1.82) is 0 Å². The lowest BCUT2D eigenvalue weighted by atomic mass is 10.3. The number of anilines is 1. The highest BCUT2D eigenvalue weighted by atomic mass is 127. The topological polar surface area (TPSA) is 95.0 Å². The summed E-state index contributed by atoms with van der Waals surface area (Å²) in [5.41, 5.74) is -0.992. The molecule has 1 amide bonds. The summed E-state index contributed by atoms with van der Waals surface area (Å²) in [5, 5.41) is 5.87. The molecule has 0 bridgehead atoms. The van der Waals surface area contributed by atoms with E-state index >= 15 is 0 Å². The molecule has 0 spiro atoms. The maximum absolute atomic E-state index is 12.7. The molecule has 2 heterocycles. The van der Waals surface area contributed by atoms with Gasteiger partial charge in [-0.2, -0.15) is 13.2 Å². The van der Waals surface area contributed by atoms with Crippen LogP contribution in [0.4, 0.5) is 23.9 Å². The highest BCUT2D eigenvalue weighted by Gasteiger charge is 2.32. The Kier molecular flexibility index (Phi) is 10.2. The van der Waals surface area contributed by atoms with Gasteiger partial charge in [-0.3, -0.25) is 4.99 Å². The summed E-state index contributed by atoms with van der Waals surface area (Å²) in [7, 11) is 1.64. The second-order valence-electron chi connectivity index (χ2n) is 5.84. The Hall–Kier alpha value is -2.06. The molecule has 9 nitrogen and oxygen atoms in total. The molecule has 0 aromatic carbocycles. The van der Waals surface area contributed by atoms with Gasteiger partial charge in [0.15, 0.2) is 5.96 Å². The van der Waals surface area contributed by atoms with Crippen molar-refractivity contribution < 1.29 is 22.7 Å². The largest absolute Gasteiger partial charge is 0.450 e. The Labute approximate surface area is 184 Å². The number of hydrogen-bond donors (Lipinski definition) is 2. The number of carbonyl (C=O) groups is 1. The van der Waals surface area contributed by atoms with E-state index in [1.165, 1.54) is 0 Å². The molecule has 13 heteroatoms. The first-order valence-corrected chi connectivity index (χ1v) is 8.86. The van der Waals surface area contributed by atoms with Crippen molar-refractivity contribution in [2.75, 3.05) is 58.2 Å². The van der Waals surface area contributed by atoms with Gasteiger partial charge in [0.1, 0.15) is 5.69 Å². The van der Waals surface area contributed by atoms with Gasteiger partial charge in [0.2, 0.25) is 5.95 Å². The van der Waals surface area contributed by atoms with E-state index < -0.39 is 11.9 Å². The smallest absolute Gasteiger partial charge is 0.433 e. The SMILES string of the molecule is CCOC(=O)N1CCN(C(=NC)NCCNc2nccc(C(F)(F)F)n2)CC1.I. The van der Waals surface area contributed by atoms with Gasteiger partial charge in [-0.25, -0.2) is 14.8 Å². The van der Waals surface area contributed by atoms with Crippen LogP contribution in [0.15, 0.2) is 17.3 Å². The normalized spacial score (nSPS) is 14.9. The standard InChI is InChI=1S/C16H24F3N7O2.HI/c1-3-28-15(27)26-10-8-25(9-11-26)14(20-2)23-7-6-22-13-21-5-4-12(24-13)16(17,18)19;/h4-5H,3,6-11H2,1-2H3,(H,20,23)(H,21,22,24);1H. The molecule has 0 aliphatic carbocycles. The Bertz CT molecular complexity index is 683. The second-order valence-corrected chi connectivity index (χ2v) is 5.84. The number of hydrogen-bond acceptors (Lipinski definition) is 6. The van der Waals surface area contributed by atoms with E-state index in [-0.39, 0.29) is 36.0 Å². The van der Waals surface area contributed by atoms with Gasteiger partial charge < -0.3 is 25.2 Å². The van der Waals surface area contributed by atoms with Gasteiger partial charge in [0.05, 0.1) is 6.61 Å². The lowest BCUT2D eigenvalue weighted by Gasteiger charge is -2.35. The van der Waals surface area contributed by atoms with Crippen LogP contribution in [0.5, 0.6) is 0 Å². The van der Waals surface area contributed by atoms with Crippen molar-refractivity contribution in [2.45, 2.75) is 13.1 Å². The van der Waals surface area contributed by atoms with Crippen molar-refractivity contribution >= 4 is 42.0 Å². The average Bonchev–Trinajstić information content (AvgIpc) is 2.68. The van der Waals surface area contributed by atoms with Crippen molar-refractivity contribution in [2.24, 2.45) is 4.99 Å². The molecular weight excluding hydrogens is 506 g/mol. The quantitative estimate of drug-likeness (QED) is 0.260. The number of rotatable bonds is 5. The maximum atomic E-state index is 12.7. The van der Waals surface area contributed by atoms with E-state index in [1.54, 1.807) is 18.9 Å². The van der Waals surface area contributed by atoms with E-state index in [1.807, 2.05) is 4.90 Å². The van der Waals surface area contributed by atoms with Crippen LogP contribution in [0.3, 0.4) is 0 Å². The molecular formula is C16H25F3IN7O2. The summed E-state index contributed by atoms with van der Waals surface area (Å²) in [6.07, 6.45) is -3.77. The van der Waals surface area contributed by atoms with Gasteiger partial charge in [0, 0.05) is 52.5 Å². The van der Waals surface area contributed by atoms with Gasteiger partial charge in [-0.15, -0.1) is 24.0 Å². The number of piperazine rings is 1. The third-order valence-corrected chi connectivity index (χ3v) is 3.95. The number of alkyl halides is 3. The number of nitrogens with one attached hydrogen (secondary N) is 2. The van der Waals surface area contributed by atoms with E-state index in [0.29, 0.717) is 51.8 Å². The molecule has 2 N–H and O–H groups in total. The fourth-order valence-electron chi connectivity index (χ4n) is 2.60. The minimum Gasteiger partial charge on any atom is -0.450 e. The van der Waals surface area contributed by atoms with Gasteiger partial charge in [-0.05, 0) is 13.0 Å². The lowest BCUT2D eigenvalue weighted by molar-refractivity contribution is -0.141. The van der Waals surface area contributed by atoms with Crippen LogP contribution in [0.1, 0.15) is 12.6 Å². The minimum absolute atomic E-state index is 0. The zero-order valence-electron chi connectivity index (χ0n) is 16.2. The van der Waals surface area contributed by atoms with Crippen LogP contribution in [0.2, 0.25) is 0 Å². The van der Waals surface area contributed by atoms with Crippen molar-refractivity contribution in [1.82, 2.24) is 25.1 Å². The van der Waals surface area contributed by atoms with Crippen LogP contribution < -0.4 is 10.6 Å². The zero-order chi connectivity index (χ0) is 20.6. The molecule has 0 radical (unpaired) electrons. The van der Waals surface area contributed by atoms with Gasteiger partial charge in [-0.1, -0.05) is 0 Å². The van der Waals surface area contributed by atoms with E-state index in [2.05, 4.69) is 25.6 Å². The maximum Gasteiger partial charge on any atom is 0.433 e. The summed E-state index contributed by atoms with van der Waals surface area (Å²) in [6, 6.07) is 0.821. The van der Waals surface area contributed by atoms with Crippen molar-refractivity contribution in [3.8, 4) is 0 Å². The number of nitrogens with zero attached hydrogens (tertiary/aromatic N) is 5. The third-order valence-electron chi connectivity index (χ3n) is 3.95. The second kappa shape index (κ2) is 11.8. The Morgan fingerprint density at radius 2 is 1.90 bits per heavy atom. The highest BCUT2D eigenvalue weighted by molar-refractivity contribution is 14.0. The Balaban J connectivity index is 0.00000420. The molecule has 1 aliphatic heterocycles. The Morgan fingerprint density at radius 1 is 1.24 bits per heavy atom. The molecule has 1 aliphatic rings. The number of halogens is 4. The molecule has 1 aromatic rings. The van der Waals surface area contributed by atoms with Crippen LogP contribution in [0, 0.1) is 0 Å².